The maximum Gasteiger partial charge on any atom is 0.449 e. The number of ether oxygens (including phenoxy) is 1. The van der Waals surface area contributed by atoms with Crippen molar-refractivity contribution in [2.24, 2.45) is 5.92 Å². The standard InChI is InChI=1S/C22H23F3N4O2/c23-22(24,25)21(27)29-13-16(5-8-19(29)26)14-3-6-17(7-4-14)31-18-9-11-28(12-10-18)20(30)15-1-2-15/h3-8,13,15,18,26-27H,1-2,9-12H2. The van der Waals surface area contributed by atoms with Gasteiger partial charge in [0.05, 0.1) is 0 Å². The molecular formula is C22H23F3N4O2. The number of amides is 1. The van der Waals surface area contributed by atoms with Crippen molar-refractivity contribution in [3.8, 4) is 16.9 Å². The van der Waals surface area contributed by atoms with Crippen LogP contribution < -0.4 is 10.2 Å². The van der Waals surface area contributed by atoms with Crippen LogP contribution in [0.4, 0.5) is 13.2 Å². The molecule has 2 N–H and O–H groups in total. The van der Waals surface area contributed by atoms with E-state index in [4.69, 9.17) is 15.6 Å². The molecule has 6 nitrogen and oxygen atoms in total. The van der Waals surface area contributed by atoms with Crippen molar-refractivity contribution >= 4 is 11.7 Å². The van der Waals surface area contributed by atoms with E-state index in [9.17, 15) is 18.0 Å². The van der Waals surface area contributed by atoms with E-state index < -0.39 is 17.5 Å². The highest BCUT2D eigenvalue weighted by Gasteiger charge is 2.36. The number of likely N-dealkylation sites (tertiary alicyclic amines) is 1. The lowest BCUT2D eigenvalue weighted by Gasteiger charge is -2.32. The minimum absolute atomic E-state index is 0.0196. The van der Waals surface area contributed by atoms with E-state index in [0.717, 1.165) is 31.9 Å². The van der Waals surface area contributed by atoms with Crippen LogP contribution in [-0.2, 0) is 4.79 Å². The highest BCUT2D eigenvalue weighted by Crippen LogP contribution is 2.32. The number of hydrogen-bond donors (Lipinski definition) is 2. The molecule has 2 heterocycles. The van der Waals surface area contributed by atoms with Gasteiger partial charge in [0.1, 0.15) is 17.3 Å². The van der Waals surface area contributed by atoms with Crippen molar-refractivity contribution in [3.05, 3.63) is 48.1 Å². The fourth-order valence-electron chi connectivity index (χ4n) is 3.69. The SMILES string of the molecule is N=C(n1cc(-c2ccc(OC3CCN(C(=O)C4CC4)CC3)cc2)ccc1=N)C(F)(F)F. The van der Waals surface area contributed by atoms with Gasteiger partial charge < -0.3 is 9.64 Å². The molecule has 1 amide bonds. The molecule has 1 aromatic heterocycles. The summed E-state index contributed by atoms with van der Waals surface area (Å²) in [4.78, 5) is 14.1. The molecule has 31 heavy (non-hydrogen) atoms. The highest BCUT2D eigenvalue weighted by molar-refractivity contribution is 5.87. The van der Waals surface area contributed by atoms with Crippen molar-refractivity contribution in [3.63, 3.8) is 0 Å². The lowest BCUT2D eigenvalue weighted by atomic mass is 10.1. The first-order valence-electron chi connectivity index (χ1n) is 10.2. The molecule has 0 spiro atoms. The molecule has 2 aromatic rings. The zero-order valence-electron chi connectivity index (χ0n) is 16.8. The van der Waals surface area contributed by atoms with Gasteiger partial charge in [0.2, 0.25) is 11.7 Å². The van der Waals surface area contributed by atoms with E-state index in [1.54, 1.807) is 30.3 Å². The molecule has 9 heteroatoms. The van der Waals surface area contributed by atoms with Crippen LogP contribution in [-0.4, -0.2) is 46.6 Å². The number of alkyl halides is 3. The molecule has 0 bridgehead atoms. The maximum atomic E-state index is 12.9. The van der Waals surface area contributed by atoms with Crippen LogP contribution in [0.15, 0.2) is 42.6 Å². The van der Waals surface area contributed by atoms with Gasteiger partial charge in [-0.1, -0.05) is 12.1 Å². The number of piperidine rings is 1. The van der Waals surface area contributed by atoms with Crippen molar-refractivity contribution < 1.29 is 22.7 Å². The molecule has 0 unspecified atom stereocenters. The lowest BCUT2D eigenvalue weighted by Crippen LogP contribution is -2.42. The van der Waals surface area contributed by atoms with Crippen molar-refractivity contribution in [1.82, 2.24) is 9.47 Å². The van der Waals surface area contributed by atoms with Gasteiger partial charge in [0.25, 0.3) is 0 Å². The molecule has 2 aliphatic rings. The quantitative estimate of drug-likeness (QED) is 0.569. The molecule has 1 aromatic carbocycles. The monoisotopic (exact) mass is 432 g/mol. The third-order valence-corrected chi connectivity index (χ3v) is 5.63. The Balaban J connectivity index is 1.40. The van der Waals surface area contributed by atoms with Gasteiger partial charge in [-0.2, -0.15) is 13.2 Å². The third kappa shape index (κ3) is 4.81. The minimum Gasteiger partial charge on any atom is -0.490 e. The van der Waals surface area contributed by atoms with Gasteiger partial charge in [0, 0.05) is 38.0 Å². The van der Waals surface area contributed by atoms with Gasteiger partial charge in [0.15, 0.2) is 0 Å². The van der Waals surface area contributed by atoms with Crippen LogP contribution in [0.3, 0.4) is 0 Å². The normalized spacial score (nSPS) is 17.5. The predicted octanol–water partition coefficient (Wildman–Crippen LogP) is 3.80. The maximum absolute atomic E-state index is 12.9. The lowest BCUT2D eigenvalue weighted by molar-refractivity contribution is -0.134. The Hall–Kier alpha value is -3.10. The van der Waals surface area contributed by atoms with E-state index in [0.29, 0.717) is 34.5 Å². The number of carbonyl (C=O) groups is 1. The number of hydrogen-bond acceptors (Lipinski definition) is 4. The van der Waals surface area contributed by atoms with Crippen LogP contribution in [0.1, 0.15) is 25.7 Å². The van der Waals surface area contributed by atoms with Crippen LogP contribution in [0.25, 0.3) is 11.1 Å². The number of carbonyl (C=O) groups excluding carboxylic acids is 1. The van der Waals surface area contributed by atoms with Gasteiger partial charge in [-0.3, -0.25) is 20.2 Å². The van der Waals surface area contributed by atoms with Crippen LogP contribution in [0.2, 0.25) is 0 Å². The molecule has 1 saturated carbocycles. The zero-order chi connectivity index (χ0) is 22.2. The summed E-state index contributed by atoms with van der Waals surface area (Å²) in [7, 11) is 0. The molecule has 0 radical (unpaired) electrons. The Labute approximate surface area is 177 Å². The Bertz CT molecular complexity index is 1030. The fraction of sp³-hybridized carbons (Fsp3) is 0.409. The van der Waals surface area contributed by atoms with Crippen molar-refractivity contribution in [2.45, 2.75) is 38.0 Å². The van der Waals surface area contributed by atoms with Crippen molar-refractivity contribution in [1.29, 1.82) is 10.8 Å². The molecule has 0 atom stereocenters. The number of pyridine rings is 1. The highest BCUT2D eigenvalue weighted by atomic mass is 19.4. The predicted molar refractivity (Wildman–Crippen MR) is 108 cm³/mol. The van der Waals surface area contributed by atoms with E-state index >= 15 is 0 Å². The van der Waals surface area contributed by atoms with Crippen LogP contribution >= 0.6 is 0 Å². The zero-order valence-corrected chi connectivity index (χ0v) is 16.8. The summed E-state index contributed by atoms with van der Waals surface area (Å²) in [5.41, 5.74) is 0.696. The average Bonchev–Trinajstić information content (AvgIpc) is 3.59. The van der Waals surface area contributed by atoms with Gasteiger partial charge in [-0.05, 0) is 48.2 Å². The van der Waals surface area contributed by atoms with E-state index in [-0.39, 0.29) is 17.9 Å². The summed E-state index contributed by atoms with van der Waals surface area (Å²) in [6.45, 7) is 1.39. The first-order valence-corrected chi connectivity index (χ1v) is 10.2. The second kappa shape index (κ2) is 8.20. The Morgan fingerprint density at radius 2 is 1.58 bits per heavy atom. The van der Waals surface area contributed by atoms with Crippen LogP contribution in [0.5, 0.6) is 5.75 Å². The molecule has 4 rings (SSSR count). The average molecular weight is 432 g/mol. The molecule has 2 fully saturated rings. The summed E-state index contributed by atoms with van der Waals surface area (Å²) in [6.07, 6.45) is -0.135. The minimum atomic E-state index is -4.84. The van der Waals surface area contributed by atoms with Gasteiger partial charge >= 0.3 is 6.18 Å². The van der Waals surface area contributed by atoms with Gasteiger partial charge in [-0.25, -0.2) is 0 Å². The first-order chi connectivity index (χ1) is 14.7. The number of nitrogens with zero attached hydrogens (tertiary/aromatic N) is 2. The van der Waals surface area contributed by atoms with Crippen molar-refractivity contribution in [2.75, 3.05) is 13.1 Å². The number of rotatable bonds is 4. The smallest absolute Gasteiger partial charge is 0.449 e. The van der Waals surface area contributed by atoms with E-state index in [1.807, 2.05) is 4.90 Å². The summed E-state index contributed by atoms with van der Waals surface area (Å²) < 4.78 is 45.1. The summed E-state index contributed by atoms with van der Waals surface area (Å²) in [5, 5.41) is 15.0. The Morgan fingerprint density at radius 3 is 2.16 bits per heavy atom. The second-order valence-corrected chi connectivity index (χ2v) is 7.96. The molecule has 1 aliphatic heterocycles. The Morgan fingerprint density at radius 1 is 0.968 bits per heavy atom. The summed E-state index contributed by atoms with van der Waals surface area (Å²) >= 11 is 0. The largest absolute Gasteiger partial charge is 0.490 e. The third-order valence-electron chi connectivity index (χ3n) is 5.63. The molecule has 164 valence electrons. The first kappa shape index (κ1) is 21.1. The second-order valence-electron chi connectivity index (χ2n) is 7.96. The number of benzene rings is 1. The van der Waals surface area contributed by atoms with Gasteiger partial charge in [-0.15, -0.1) is 0 Å². The fourth-order valence-corrected chi connectivity index (χ4v) is 3.69. The topological polar surface area (TPSA) is 82.2 Å². The number of aromatic nitrogens is 1. The summed E-state index contributed by atoms with van der Waals surface area (Å²) in [6, 6.07) is 9.76. The van der Waals surface area contributed by atoms with E-state index in [2.05, 4.69) is 0 Å². The molecule has 1 aliphatic carbocycles. The molecular weight excluding hydrogens is 409 g/mol. The molecule has 1 saturated heterocycles. The summed E-state index contributed by atoms with van der Waals surface area (Å²) in [5.74, 6) is -0.459. The number of nitrogens with one attached hydrogen (secondary N) is 2. The van der Waals surface area contributed by atoms with Crippen LogP contribution in [0, 0.1) is 16.7 Å². The Kier molecular flexibility index (Phi) is 5.60. The number of halogens is 3. The van der Waals surface area contributed by atoms with E-state index in [1.165, 1.54) is 6.07 Å².